The van der Waals surface area contributed by atoms with Crippen molar-refractivity contribution in [3.8, 4) is 0 Å². The van der Waals surface area contributed by atoms with Gasteiger partial charge >= 0.3 is 6.18 Å². The molecule has 0 radical (unpaired) electrons. The first-order chi connectivity index (χ1) is 9.50. The predicted octanol–water partition coefficient (Wildman–Crippen LogP) is 3.37. The largest absolute Gasteiger partial charge is 0.417 e. The standard InChI is InChI=1S/C13H12F3N3S/c1-17-7-9-2-3-11(10(6-9)13(14,15)16)20-12-4-5-18-8-19-12/h2-6,8,17H,7H2,1H3. The highest BCUT2D eigenvalue weighted by Crippen LogP contribution is 2.39. The maximum absolute atomic E-state index is 13.1. The van der Waals surface area contributed by atoms with Crippen LogP contribution >= 0.6 is 11.8 Å². The van der Waals surface area contributed by atoms with Gasteiger partial charge in [-0.25, -0.2) is 9.97 Å². The highest BCUT2D eigenvalue weighted by atomic mass is 32.2. The van der Waals surface area contributed by atoms with Crippen molar-refractivity contribution in [3.63, 3.8) is 0 Å². The van der Waals surface area contributed by atoms with Gasteiger partial charge in [0.2, 0.25) is 0 Å². The van der Waals surface area contributed by atoms with Crippen molar-refractivity contribution < 1.29 is 13.2 Å². The van der Waals surface area contributed by atoms with Gasteiger partial charge in [-0.05, 0) is 30.8 Å². The van der Waals surface area contributed by atoms with Crippen molar-refractivity contribution in [2.75, 3.05) is 7.05 Å². The summed E-state index contributed by atoms with van der Waals surface area (Å²) in [4.78, 5) is 7.81. The van der Waals surface area contributed by atoms with Crippen LogP contribution in [0.4, 0.5) is 13.2 Å². The molecule has 0 aliphatic heterocycles. The second-order valence-corrected chi connectivity index (χ2v) is 5.07. The first-order valence-corrected chi connectivity index (χ1v) is 6.61. The molecule has 0 saturated carbocycles. The van der Waals surface area contributed by atoms with E-state index in [1.165, 1.54) is 24.7 Å². The first kappa shape index (κ1) is 14.8. The van der Waals surface area contributed by atoms with Gasteiger partial charge in [-0.15, -0.1) is 0 Å². The fraction of sp³-hybridized carbons (Fsp3) is 0.231. The van der Waals surface area contributed by atoms with E-state index in [9.17, 15) is 13.2 Å². The number of nitrogens with one attached hydrogen (secondary N) is 1. The third kappa shape index (κ3) is 3.71. The zero-order chi connectivity index (χ0) is 14.6. The Hall–Kier alpha value is -1.60. The van der Waals surface area contributed by atoms with E-state index >= 15 is 0 Å². The molecule has 0 saturated heterocycles. The minimum Gasteiger partial charge on any atom is -0.316 e. The third-order valence-corrected chi connectivity index (χ3v) is 3.53. The Morgan fingerprint density at radius 1 is 1.25 bits per heavy atom. The SMILES string of the molecule is CNCc1ccc(Sc2ccncn2)c(C(F)(F)F)c1. The summed E-state index contributed by atoms with van der Waals surface area (Å²) < 4.78 is 39.3. The fourth-order valence-corrected chi connectivity index (χ4v) is 2.53. The Kier molecular flexibility index (Phi) is 4.61. The number of nitrogens with zero attached hydrogens (tertiary/aromatic N) is 2. The molecule has 0 fully saturated rings. The van der Waals surface area contributed by atoms with Gasteiger partial charge in [0.15, 0.2) is 0 Å². The zero-order valence-corrected chi connectivity index (χ0v) is 11.4. The van der Waals surface area contributed by atoms with Gasteiger partial charge in [0.25, 0.3) is 0 Å². The van der Waals surface area contributed by atoms with Crippen molar-refractivity contribution in [1.29, 1.82) is 0 Å². The number of rotatable bonds is 4. The van der Waals surface area contributed by atoms with E-state index < -0.39 is 11.7 Å². The van der Waals surface area contributed by atoms with Gasteiger partial charge in [-0.3, -0.25) is 0 Å². The summed E-state index contributed by atoms with van der Waals surface area (Å²) >= 11 is 0.976. The van der Waals surface area contributed by atoms with Crippen LogP contribution in [0.1, 0.15) is 11.1 Å². The van der Waals surface area contributed by atoms with Gasteiger partial charge < -0.3 is 5.32 Å². The van der Waals surface area contributed by atoms with Gasteiger partial charge in [-0.2, -0.15) is 13.2 Å². The Balaban J connectivity index is 2.37. The molecule has 7 heteroatoms. The van der Waals surface area contributed by atoms with E-state index in [2.05, 4.69) is 15.3 Å². The van der Waals surface area contributed by atoms with Gasteiger partial charge in [-0.1, -0.05) is 17.8 Å². The molecule has 1 heterocycles. The number of aromatic nitrogens is 2. The molecule has 1 N–H and O–H groups in total. The first-order valence-electron chi connectivity index (χ1n) is 5.79. The summed E-state index contributed by atoms with van der Waals surface area (Å²) in [6.45, 7) is 0.390. The molecule has 2 aromatic rings. The van der Waals surface area contributed by atoms with Crippen molar-refractivity contribution in [1.82, 2.24) is 15.3 Å². The second kappa shape index (κ2) is 6.23. The molecule has 20 heavy (non-hydrogen) atoms. The average Bonchev–Trinajstić information content (AvgIpc) is 2.41. The lowest BCUT2D eigenvalue weighted by atomic mass is 10.1. The third-order valence-electron chi connectivity index (χ3n) is 2.50. The average molecular weight is 299 g/mol. The molecular formula is C13H12F3N3S. The minimum absolute atomic E-state index is 0.135. The van der Waals surface area contributed by atoms with E-state index in [0.717, 1.165) is 11.8 Å². The summed E-state index contributed by atoms with van der Waals surface area (Å²) in [5, 5.41) is 3.32. The summed E-state index contributed by atoms with van der Waals surface area (Å²) in [6, 6.07) is 5.89. The van der Waals surface area contributed by atoms with Crippen LogP contribution in [0.15, 0.2) is 46.7 Å². The molecule has 0 aliphatic carbocycles. The quantitative estimate of drug-likeness (QED) is 0.878. The Morgan fingerprint density at radius 3 is 2.65 bits per heavy atom. The lowest BCUT2D eigenvalue weighted by Crippen LogP contribution is -2.10. The molecule has 0 unspecified atom stereocenters. The van der Waals surface area contributed by atoms with Crippen LogP contribution in [-0.4, -0.2) is 17.0 Å². The summed E-state index contributed by atoms with van der Waals surface area (Å²) in [6.07, 6.45) is -1.58. The van der Waals surface area contributed by atoms with Crippen molar-refractivity contribution in [2.24, 2.45) is 0 Å². The smallest absolute Gasteiger partial charge is 0.316 e. The maximum Gasteiger partial charge on any atom is 0.417 e. The van der Waals surface area contributed by atoms with Crippen LogP contribution in [0, 0.1) is 0 Å². The van der Waals surface area contributed by atoms with Crippen LogP contribution in [0.25, 0.3) is 0 Å². The van der Waals surface area contributed by atoms with Gasteiger partial charge in [0.1, 0.15) is 11.4 Å². The minimum atomic E-state index is -4.39. The highest BCUT2D eigenvalue weighted by Gasteiger charge is 2.34. The molecule has 0 spiro atoms. The van der Waals surface area contributed by atoms with Crippen molar-refractivity contribution in [3.05, 3.63) is 47.9 Å². The summed E-state index contributed by atoms with van der Waals surface area (Å²) in [7, 11) is 1.69. The van der Waals surface area contributed by atoms with Gasteiger partial charge in [0, 0.05) is 17.6 Å². The molecule has 1 aromatic carbocycles. The lowest BCUT2D eigenvalue weighted by Gasteiger charge is -2.13. The molecule has 0 amide bonds. The maximum atomic E-state index is 13.1. The van der Waals surface area contributed by atoms with Crippen LogP contribution in [0.3, 0.4) is 0 Å². The monoisotopic (exact) mass is 299 g/mol. The number of halogens is 3. The van der Waals surface area contributed by atoms with Crippen LogP contribution in [-0.2, 0) is 12.7 Å². The molecular weight excluding hydrogens is 287 g/mol. The molecule has 1 aromatic heterocycles. The zero-order valence-electron chi connectivity index (χ0n) is 10.6. The van der Waals surface area contributed by atoms with Crippen LogP contribution in [0.5, 0.6) is 0 Å². The molecule has 106 valence electrons. The molecule has 0 aliphatic rings. The number of hydrogen-bond acceptors (Lipinski definition) is 4. The van der Waals surface area contributed by atoms with E-state index in [4.69, 9.17) is 0 Å². The van der Waals surface area contributed by atoms with E-state index in [0.29, 0.717) is 17.1 Å². The number of benzene rings is 1. The number of alkyl halides is 3. The van der Waals surface area contributed by atoms with E-state index in [1.807, 2.05) is 0 Å². The van der Waals surface area contributed by atoms with E-state index in [1.54, 1.807) is 19.2 Å². The van der Waals surface area contributed by atoms with Crippen LogP contribution < -0.4 is 5.32 Å². The van der Waals surface area contributed by atoms with Crippen molar-refractivity contribution >= 4 is 11.8 Å². The topological polar surface area (TPSA) is 37.8 Å². The molecule has 0 atom stereocenters. The predicted molar refractivity (Wildman–Crippen MR) is 70.4 cm³/mol. The molecule has 0 bridgehead atoms. The number of hydrogen-bond donors (Lipinski definition) is 1. The summed E-state index contributed by atoms with van der Waals surface area (Å²) in [5.41, 5.74) is -0.0549. The fourth-order valence-electron chi connectivity index (χ4n) is 1.65. The summed E-state index contributed by atoms with van der Waals surface area (Å²) in [5.74, 6) is 0. The Labute approximate surface area is 118 Å². The van der Waals surface area contributed by atoms with Crippen LogP contribution in [0.2, 0.25) is 0 Å². The Bertz CT molecular complexity index is 573. The highest BCUT2D eigenvalue weighted by molar-refractivity contribution is 7.99. The van der Waals surface area contributed by atoms with E-state index in [-0.39, 0.29) is 4.90 Å². The molecule has 2 rings (SSSR count). The molecule has 3 nitrogen and oxygen atoms in total. The van der Waals surface area contributed by atoms with Gasteiger partial charge in [0.05, 0.1) is 5.56 Å². The normalized spacial score (nSPS) is 11.6. The van der Waals surface area contributed by atoms with Crippen molar-refractivity contribution in [2.45, 2.75) is 22.6 Å². The Morgan fingerprint density at radius 2 is 2.05 bits per heavy atom. The second-order valence-electron chi connectivity index (χ2n) is 4.01. The lowest BCUT2D eigenvalue weighted by molar-refractivity contribution is -0.139.